The van der Waals surface area contributed by atoms with Crippen LogP contribution in [0.2, 0.25) is 0 Å². The monoisotopic (exact) mass is 193 g/mol. The van der Waals surface area contributed by atoms with E-state index in [1.807, 2.05) is 6.20 Å². The van der Waals surface area contributed by atoms with Crippen LogP contribution in [0.1, 0.15) is 44.9 Å². The fraction of sp³-hybridized carbons (Fsp3) is 0.727. The number of nitrogens with two attached hydrogens (primary N) is 1. The Kier molecular flexibility index (Phi) is 2.59. The highest BCUT2D eigenvalue weighted by Gasteiger charge is 2.34. The van der Waals surface area contributed by atoms with Crippen molar-refractivity contribution in [1.29, 1.82) is 0 Å². The first kappa shape index (κ1) is 9.71. The number of nitrogens with one attached hydrogen (secondary N) is 1. The van der Waals surface area contributed by atoms with Gasteiger partial charge in [0.2, 0.25) is 0 Å². The quantitative estimate of drug-likeness (QED) is 0.756. The molecule has 0 radical (unpaired) electrons. The van der Waals surface area contributed by atoms with Crippen LogP contribution in [-0.2, 0) is 5.54 Å². The van der Waals surface area contributed by atoms with Crippen LogP contribution >= 0.6 is 0 Å². The summed E-state index contributed by atoms with van der Waals surface area (Å²) in [6.45, 7) is 2.26. The molecule has 78 valence electrons. The number of H-pyrrole nitrogens is 1. The third kappa shape index (κ3) is 1.69. The molecule has 1 aliphatic carbocycles. The van der Waals surface area contributed by atoms with E-state index in [0.29, 0.717) is 0 Å². The Morgan fingerprint density at radius 1 is 1.57 bits per heavy atom. The molecule has 0 bridgehead atoms. The highest BCUT2D eigenvalue weighted by Crippen LogP contribution is 2.36. The average Bonchev–Trinajstić information content (AvgIpc) is 2.72. The average molecular weight is 193 g/mol. The third-order valence-electron chi connectivity index (χ3n) is 3.54. The van der Waals surface area contributed by atoms with E-state index >= 15 is 0 Å². The van der Waals surface area contributed by atoms with E-state index in [1.165, 1.54) is 19.3 Å². The normalized spacial score (nSPS) is 33.1. The molecule has 0 amide bonds. The Balaban J connectivity index is 2.06. The molecule has 3 N–H and O–H groups in total. The highest BCUT2D eigenvalue weighted by atomic mass is 15.0. The smallest absolute Gasteiger partial charge is 0.126 e. The van der Waals surface area contributed by atoms with Crippen molar-refractivity contribution in [3.8, 4) is 0 Å². The van der Waals surface area contributed by atoms with Crippen LogP contribution < -0.4 is 5.73 Å². The first-order valence-electron chi connectivity index (χ1n) is 5.53. The molecule has 1 aromatic heterocycles. The van der Waals surface area contributed by atoms with Crippen molar-refractivity contribution >= 4 is 0 Å². The zero-order valence-electron chi connectivity index (χ0n) is 8.79. The lowest BCUT2D eigenvalue weighted by Gasteiger charge is -2.35. The van der Waals surface area contributed by atoms with Gasteiger partial charge < -0.3 is 10.7 Å². The van der Waals surface area contributed by atoms with E-state index in [0.717, 1.165) is 24.6 Å². The Labute approximate surface area is 85.1 Å². The maximum Gasteiger partial charge on any atom is 0.126 e. The number of aromatic amines is 1. The lowest BCUT2D eigenvalue weighted by atomic mass is 9.76. The number of hydrogen-bond acceptors (Lipinski definition) is 2. The van der Waals surface area contributed by atoms with E-state index < -0.39 is 0 Å². The summed E-state index contributed by atoms with van der Waals surface area (Å²) in [5, 5.41) is 0. The molecule has 1 aliphatic rings. The summed E-state index contributed by atoms with van der Waals surface area (Å²) in [6, 6.07) is 0. The van der Waals surface area contributed by atoms with Crippen LogP contribution in [0.4, 0.5) is 0 Å². The van der Waals surface area contributed by atoms with Gasteiger partial charge in [0.15, 0.2) is 0 Å². The second-order valence-corrected chi connectivity index (χ2v) is 4.45. The summed E-state index contributed by atoms with van der Waals surface area (Å²) < 4.78 is 0. The third-order valence-corrected chi connectivity index (χ3v) is 3.54. The van der Waals surface area contributed by atoms with Gasteiger partial charge in [0, 0.05) is 12.4 Å². The maximum atomic E-state index is 6.35. The molecule has 1 heterocycles. The molecule has 0 atom stereocenters. The van der Waals surface area contributed by atoms with E-state index in [2.05, 4.69) is 16.9 Å². The topological polar surface area (TPSA) is 54.7 Å². The summed E-state index contributed by atoms with van der Waals surface area (Å²) in [7, 11) is 0. The largest absolute Gasteiger partial charge is 0.347 e. The van der Waals surface area contributed by atoms with Gasteiger partial charge in [-0.25, -0.2) is 4.98 Å². The van der Waals surface area contributed by atoms with Crippen molar-refractivity contribution in [2.45, 2.75) is 44.6 Å². The van der Waals surface area contributed by atoms with E-state index in [9.17, 15) is 0 Å². The Hall–Kier alpha value is -0.830. The minimum atomic E-state index is -0.185. The van der Waals surface area contributed by atoms with Crippen molar-refractivity contribution < 1.29 is 0 Å². The van der Waals surface area contributed by atoms with Crippen molar-refractivity contribution in [3.05, 3.63) is 18.2 Å². The molecule has 0 unspecified atom stereocenters. The van der Waals surface area contributed by atoms with Gasteiger partial charge in [-0.2, -0.15) is 0 Å². The van der Waals surface area contributed by atoms with Crippen molar-refractivity contribution in [1.82, 2.24) is 9.97 Å². The fourth-order valence-electron chi connectivity index (χ4n) is 2.38. The first-order valence-corrected chi connectivity index (χ1v) is 5.53. The van der Waals surface area contributed by atoms with Crippen molar-refractivity contribution in [3.63, 3.8) is 0 Å². The van der Waals surface area contributed by atoms with Gasteiger partial charge in [-0.1, -0.05) is 13.3 Å². The standard InChI is InChI=1S/C11H19N3/c1-2-9-3-5-11(12,6-4-9)10-13-7-8-14-10/h7-9H,2-6,12H2,1H3,(H,13,14). The fourth-order valence-corrected chi connectivity index (χ4v) is 2.38. The molecule has 1 fully saturated rings. The van der Waals surface area contributed by atoms with Crippen LogP contribution in [0, 0.1) is 5.92 Å². The van der Waals surface area contributed by atoms with Gasteiger partial charge in [-0.3, -0.25) is 0 Å². The first-order chi connectivity index (χ1) is 6.74. The summed E-state index contributed by atoms with van der Waals surface area (Å²) in [5.74, 6) is 1.84. The minimum absolute atomic E-state index is 0.185. The summed E-state index contributed by atoms with van der Waals surface area (Å²) in [6.07, 6.45) is 9.55. The van der Waals surface area contributed by atoms with Crippen LogP contribution in [-0.4, -0.2) is 9.97 Å². The maximum absolute atomic E-state index is 6.35. The lowest BCUT2D eigenvalue weighted by molar-refractivity contribution is 0.223. The molecule has 14 heavy (non-hydrogen) atoms. The van der Waals surface area contributed by atoms with Gasteiger partial charge in [-0.15, -0.1) is 0 Å². The molecule has 1 saturated carbocycles. The van der Waals surface area contributed by atoms with Gasteiger partial charge in [0.1, 0.15) is 5.82 Å². The number of hydrogen-bond donors (Lipinski definition) is 2. The van der Waals surface area contributed by atoms with Gasteiger partial charge in [0.05, 0.1) is 5.54 Å². The summed E-state index contributed by atoms with van der Waals surface area (Å²) in [5.41, 5.74) is 6.16. The van der Waals surface area contributed by atoms with Gasteiger partial charge >= 0.3 is 0 Å². The molecule has 0 saturated heterocycles. The van der Waals surface area contributed by atoms with Crippen LogP contribution in [0.25, 0.3) is 0 Å². The Bertz CT molecular complexity index is 271. The predicted octanol–water partition coefficient (Wildman–Crippen LogP) is 2.16. The van der Waals surface area contributed by atoms with E-state index in [-0.39, 0.29) is 5.54 Å². The summed E-state index contributed by atoms with van der Waals surface area (Å²) >= 11 is 0. The second-order valence-electron chi connectivity index (χ2n) is 4.45. The predicted molar refractivity (Wildman–Crippen MR) is 56.7 cm³/mol. The number of rotatable bonds is 2. The minimum Gasteiger partial charge on any atom is -0.347 e. The zero-order valence-corrected chi connectivity index (χ0v) is 8.79. The molecular formula is C11H19N3. The molecule has 0 aromatic carbocycles. The van der Waals surface area contributed by atoms with Crippen molar-refractivity contribution in [2.24, 2.45) is 11.7 Å². The van der Waals surface area contributed by atoms with Gasteiger partial charge in [0.25, 0.3) is 0 Å². The zero-order chi connectivity index (χ0) is 10.0. The van der Waals surface area contributed by atoms with Crippen molar-refractivity contribution in [2.75, 3.05) is 0 Å². The van der Waals surface area contributed by atoms with Crippen LogP contribution in [0.5, 0.6) is 0 Å². The SMILES string of the molecule is CCC1CCC(N)(c2ncc[nH]2)CC1. The molecule has 3 heteroatoms. The Morgan fingerprint density at radius 2 is 2.29 bits per heavy atom. The molecule has 0 spiro atoms. The molecule has 3 nitrogen and oxygen atoms in total. The van der Waals surface area contributed by atoms with Crippen LogP contribution in [0.3, 0.4) is 0 Å². The summed E-state index contributed by atoms with van der Waals surface area (Å²) in [4.78, 5) is 7.43. The highest BCUT2D eigenvalue weighted by molar-refractivity contribution is 5.06. The lowest BCUT2D eigenvalue weighted by Crippen LogP contribution is -2.41. The number of imidazole rings is 1. The van der Waals surface area contributed by atoms with E-state index in [4.69, 9.17) is 5.73 Å². The molecule has 0 aliphatic heterocycles. The molecular weight excluding hydrogens is 174 g/mol. The number of aromatic nitrogens is 2. The Morgan fingerprint density at radius 3 is 2.79 bits per heavy atom. The second kappa shape index (κ2) is 3.73. The van der Waals surface area contributed by atoms with E-state index in [1.54, 1.807) is 6.20 Å². The van der Waals surface area contributed by atoms with Gasteiger partial charge in [-0.05, 0) is 31.6 Å². The number of nitrogens with zero attached hydrogens (tertiary/aromatic N) is 1. The molecule has 2 rings (SSSR count). The molecule has 1 aromatic rings. The van der Waals surface area contributed by atoms with Crippen LogP contribution in [0.15, 0.2) is 12.4 Å².